The molecule has 0 amide bonds. The van der Waals surface area contributed by atoms with E-state index in [0.717, 1.165) is 33.5 Å². The molecule has 0 aliphatic rings. The monoisotopic (exact) mass is 310 g/mol. The number of benzene rings is 1. The lowest BCUT2D eigenvalue weighted by Gasteiger charge is -2.11. The van der Waals surface area contributed by atoms with Crippen LogP contribution in [0.15, 0.2) is 32.7 Å². The average molecular weight is 311 g/mol. The van der Waals surface area contributed by atoms with Crippen LogP contribution in [0.3, 0.4) is 0 Å². The van der Waals surface area contributed by atoms with Gasteiger partial charge in [-0.2, -0.15) is 0 Å². The third-order valence-corrected chi connectivity index (χ3v) is 4.13. The molecule has 3 nitrogen and oxygen atoms in total. The van der Waals surface area contributed by atoms with Crippen LogP contribution in [0.4, 0.5) is 0 Å². The molecule has 0 saturated carbocycles. The number of aryl methyl sites for hydroxylation is 2. The Morgan fingerprint density at radius 2 is 2.10 bits per heavy atom. The first kappa shape index (κ1) is 15.4. The summed E-state index contributed by atoms with van der Waals surface area (Å²) in [4.78, 5) is 5.52. The van der Waals surface area contributed by atoms with Gasteiger partial charge < -0.3 is 9.73 Å². The molecule has 1 aromatic heterocycles. The van der Waals surface area contributed by atoms with Crippen LogP contribution < -0.4 is 5.32 Å². The quantitative estimate of drug-likeness (QED) is 0.876. The van der Waals surface area contributed by atoms with Crippen molar-refractivity contribution < 1.29 is 4.42 Å². The van der Waals surface area contributed by atoms with Gasteiger partial charge in [0.15, 0.2) is 0 Å². The normalized spacial score (nSPS) is 11.3. The van der Waals surface area contributed by atoms with Gasteiger partial charge in [0.1, 0.15) is 5.76 Å². The first-order valence-corrected chi connectivity index (χ1v) is 7.79. The van der Waals surface area contributed by atoms with E-state index in [4.69, 9.17) is 16.0 Å². The van der Waals surface area contributed by atoms with Crippen molar-refractivity contribution in [2.24, 2.45) is 0 Å². The molecular weight excluding hydrogens is 292 g/mol. The van der Waals surface area contributed by atoms with Gasteiger partial charge in [0.25, 0.3) is 5.22 Å². The third-order valence-electron chi connectivity index (χ3n) is 2.93. The molecule has 1 N–H and O–H groups in total. The van der Waals surface area contributed by atoms with Crippen LogP contribution in [-0.4, -0.2) is 11.0 Å². The van der Waals surface area contributed by atoms with Crippen molar-refractivity contribution in [3.8, 4) is 0 Å². The Hall–Kier alpha value is -0.970. The summed E-state index contributed by atoms with van der Waals surface area (Å²) in [5.74, 6) is 0.864. The van der Waals surface area contributed by atoms with Gasteiger partial charge in [-0.05, 0) is 49.4 Å². The van der Waals surface area contributed by atoms with Crippen molar-refractivity contribution in [3.63, 3.8) is 0 Å². The zero-order valence-electron chi connectivity index (χ0n) is 12.2. The highest BCUT2D eigenvalue weighted by Crippen LogP contribution is 2.32. The molecule has 0 spiro atoms. The van der Waals surface area contributed by atoms with E-state index >= 15 is 0 Å². The SMILES string of the molecule is Cc1nc(Sc2ccc(Cl)cc2CNC(C)C)oc1C. The highest BCUT2D eigenvalue weighted by molar-refractivity contribution is 7.99. The minimum absolute atomic E-state index is 0.429. The number of hydrogen-bond donors (Lipinski definition) is 1. The smallest absolute Gasteiger partial charge is 0.261 e. The second-order valence-corrected chi connectivity index (χ2v) is 6.44. The number of halogens is 1. The molecule has 5 heteroatoms. The van der Waals surface area contributed by atoms with Gasteiger partial charge in [0, 0.05) is 22.5 Å². The zero-order chi connectivity index (χ0) is 14.7. The minimum Gasteiger partial charge on any atom is -0.436 e. The van der Waals surface area contributed by atoms with E-state index < -0.39 is 0 Å². The molecule has 1 aromatic carbocycles. The summed E-state index contributed by atoms with van der Waals surface area (Å²) in [6, 6.07) is 6.32. The molecule has 0 radical (unpaired) electrons. The summed E-state index contributed by atoms with van der Waals surface area (Å²) < 4.78 is 5.63. The van der Waals surface area contributed by atoms with E-state index in [-0.39, 0.29) is 0 Å². The standard InChI is InChI=1S/C15H19ClN2OS/c1-9(2)17-8-12-7-13(16)5-6-14(12)20-15-18-10(3)11(4)19-15/h5-7,9,17H,8H2,1-4H3. The molecule has 0 aliphatic heterocycles. The van der Waals surface area contributed by atoms with Crippen molar-refractivity contribution in [2.75, 3.05) is 0 Å². The Bertz CT molecular complexity index is 576. The van der Waals surface area contributed by atoms with E-state index in [2.05, 4.69) is 24.1 Å². The van der Waals surface area contributed by atoms with Crippen LogP contribution in [0, 0.1) is 13.8 Å². The summed E-state index contributed by atoms with van der Waals surface area (Å²) >= 11 is 7.62. The summed E-state index contributed by atoms with van der Waals surface area (Å²) in [5, 5.41) is 4.83. The van der Waals surface area contributed by atoms with Gasteiger partial charge in [0.05, 0.1) is 5.69 Å². The van der Waals surface area contributed by atoms with Crippen LogP contribution in [0.1, 0.15) is 30.9 Å². The van der Waals surface area contributed by atoms with E-state index in [1.54, 1.807) is 0 Å². The first-order valence-electron chi connectivity index (χ1n) is 6.59. The molecule has 0 saturated heterocycles. The zero-order valence-corrected chi connectivity index (χ0v) is 13.7. The van der Waals surface area contributed by atoms with Crippen molar-refractivity contribution in [3.05, 3.63) is 40.2 Å². The Morgan fingerprint density at radius 1 is 1.35 bits per heavy atom. The van der Waals surface area contributed by atoms with E-state index in [9.17, 15) is 0 Å². The fourth-order valence-corrected chi connectivity index (χ4v) is 2.81. The van der Waals surface area contributed by atoms with Crippen molar-refractivity contribution in [2.45, 2.75) is 50.4 Å². The van der Waals surface area contributed by atoms with E-state index in [1.807, 2.05) is 32.0 Å². The van der Waals surface area contributed by atoms with Crippen molar-refractivity contribution in [1.82, 2.24) is 10.3 Å². The van der Waals surface area contributed by atoms with Gasteiger partial charge >= 0.3 is 0 Å². The number of nitrogens with one attached hydrogen (secondary N) is 1. The van der Waals surface area contributed by atoms with Crippen molar-refractivity contribution in [1.29, 1.82) is 0 Å². The highest BCUT2D eigenvalue weighted by atomic mass is 35.5. The number of aromatic nitrogens is 1. The Kier molecular flexibility index (Phi) is 5.13. The Labute approximate surface area is 129 Å². The molecule has 0 aliphatic carbocycles. The largest absolute Gasteiger partial charge is 0.436 e. The average Bonchev–Trinajstić information content (AvgIpc) is 2.68. The maximum Gasteiger partial charge on any atom is 0.261 e. The number of nitrogens with zero attached hydrogens (tertiary/aromatic N) is 1. The van der Waals surface area contributed by atoms with Gasteiger partial charge in [-0.1, -0.05) is 25.4 Å². The van der Waals surface area contributed by atoms with Crippen molar-refractivity contribution >= 4 is 23.4 Å². The van der Waals surface area contributed by atoms with Crippen LogP contribution in [-0.2, 0) is 6.54 Å². The van der Waals surface area contributed by atoms with Crippen LogP contribution in [0.5, 0.6) is 0 Å². The summed E-state index contributed by atoms with van der Waals surface area (Å²) in [7, 11) is 0. The second-order valence-electron chi connectivity index (χ2n) is 5.01. The summed E-state index contributed by atoms with van der Waals surface area (Å²) in [5.41, 5.74) is 2.09. The van der Waals surface area contributed by atoms with Gasteiger partial charge in [-0.15, -0.1) is 0 Å². The lowest BCUT2D eigenvalue weighted by molar-refractivity contribution is 0.431. The van der Waals surface area contributed by atoms with Crippen LogP contribution in [0.2, 0.25) is 5.02 Å². The molecule has 1 heterocycles. The van der Waals surface area contributed by atoms with E-state index in [0.29, 0.717) is 11.3 Å². The molecule has 0 fully saturated rings. The highest BCUT2D eigenvalue weighted by Gasteiger charge is 2.11. The first-order chi connectivity index (χ1) is 9.45. The van der Waals surface area contributed by atoms with Crippen LogP contribution in [0.25, 0.3) is 0 Å². The number of oxazole rings is 1. The summed E-state index contributed by atoms with van der Waals surface area (Å²) in [6.45, 7) is 8.90. The fraction of sp³-hybridized carbons (Fsp3) is 0.400. The molecule has 20 heavy (non-hydrogen) atoms. The molecule has 2 aromatic rings. The predicted octanol–water partition coefficient (Wildman–Crippen LogP) is 4.59. The Balaban J connectivity index is 2.21. The Morgan fingerprint density at radius 3 is 2.70 bits per heavy atom. The fourth-order valence-electron chi connectivity index (χ4n) is 1.68. The number of hydrogen-bond acceptors (Lipinski definition) is 4. The molecule has 0 atom stereocenters. The lowest BCUT2D eigenvalue weighted by Crippen LogP contribution is -2.22. The third kappa shape index (κ3) is 4.01. The molecule has 0 unspecified atom stereocenters. The van der Waals surface area contributed by atoms with Gasteiger partial charge in [-0.25, -0.2) is 4.98 Å². The predicted molar refractivity (Wildman–Crippen MR) is 83.5 cm³/mol. The summed E-state index contributed by atoms with van der Waals surface area (Å²) in [6.07, 6.45) is 0. The second kappa shape index (κ2) is 6.66. The van der Waals surface area contributed by atoms with Gasteiger partial charge in [-0.3, -0.25) is 0 Å². The molecule has 0 bridgehead atoms. The minimum atomic E-state index is 0.429. The lowest BCUT2D eigenvalue weighted by atomic mass is 10.2. The topological polar surface area (TPSA) is 38.1 Å². The molecule has 2 rings (SSSR count). The number of rotatable bonds is 5. The molecular formula is C15H19ClN2OS. The van der Waals surface area contributed by atoms with E-state index in [1.165, 1.54) is 11.8 Å². The maximum absolute atomic E-state index is 6.09. The van der Waals surface area contributed by atoms with Gasteiger partial charge in [0.2, 0.25) is 0 Å². The van der Waals surface area contributed by atoms with Crippen LogP contribution >= 0.6 is 23.4 Å². The molecule has 108 valence electrons. The maximum atomic E-state index is 6.09.